The SMILES string of the molecule is COCCCOCCNC(=O)CCCC(=O)Nc1ccc2c(c1)C(COC(=O)ON1C(=O)CCC1=O)c1cc(C(=O)NCCOCCCOC)ccc1-2. The fourth-order valence-electron chi connectivity index (χ4n) is 5.81. The van der Waals surface area contributed by atoms with Gasteiger partial charge in [0.15, 0.2) is 0 Å². The summed E-state index contributed by atoms with van der Waals surface area (Å²) < 4.78 is 26.3. The second-order valence-electron chi connectivity index (χ2n) is 12.3. The van der Waals surface area contributed by atoms with Crippen molar-refractivity contribution in [3.8, 4) is 11.1 Å². The number of anilines is 1. The first-order valence-corrected chi connectivity index (χ1v) is 17.7. The second kappa shape index (κ2) is 21.6. The lowest BCUT2D eigenvalue weighted by atomic mass is 9.96. The molecule has 3 N–H and O–H groups in total. The fourth-order valence-corrected chi connectivity index (χ4v) is 5.81. The minimum atomic E-state index is -1.23. The molecule has 1 aliphatic carbocycles. The largest absolute Gasteiger partial charge is 0.533 e. The summed E-state index contributed by atoms with van der Waals surface area (Å²) in [6, 6.07) is 10.6. The van der Waals surface area contributed by atoms with Crippen molar-refractivity contribution < 1.29 is 57.3 Å². The van der Waals surface area contributed by atoms with Crippen LogP contribution in [0.25, 0.3) is 11.1 Å². The predicted octanol–water partition coefficient (Wildman–Crippen LogP) is 3.08. The maximum Gasteiger partial charge on any atom is 0.533 e. The van der Waals surface area contributed by atoms with Crippen molar-refractivity contribution in [2.75, 3.05) is 78.9 Å². The van der Waals surface area contributed by atoms with Gasteiger partial charge in [-0.2, -0.15) is 0 Å². The van der Waals surface area contributed by atoms with Gasteiger partial charge in [-0.05, 0) is 65.8 Å². The summed E-state index contributed by atoms with van der Waals surface area (Å²) in [5.41, 5.74) is 3.88. The van der Waals surface area contributed by atoms with Crippen molar-refractivity contribution in [1.82, 2.24) is 15.7 Å². The van der Waals surface area contributed by atoms with Crippen LogP contribution in [0.2, 0.25) is 0 Å². The Kier molecular flexibility index (Phi) is 16.6. The number of hydrogen-bond acceptors (Lipinski definition) is 12. The molecule has 2 aromatic rings. The lowest BCUT2D eigenvalue weighted by Gasteiger charge is -2.17. The van der Waals surface area contributed by atoms with Crippen molar-refractivity contribution >= 4 is 41.4 Å². The van der Waals surface area contributed by atoms with Gasteiger partial charge in [-0.1, -0.05) is 17.2 Å². The van der Waals surface area contributed by atoms with E-state index in [2.05, 4.69) is 16.0 Å². The van der Waals surface area contributed by atoms with Gasteiger partial charge in [-0.3, -0.25) is 28.8 Å². The number of rotatable bonds is 23. The minimum Gasteiger partial charge on any atom is -0.432 e. The van der Waals surface area contributed by atoms with E-state index in [0.717, 1.165) is 24.0 Å². The molecule has 2 aromatic carbocycles. The molecule has 16 nitrogen and oxygen atoms in total. The van der Waals surface area contributed by atoms with Crippen molar-refractivity contribution in [2.45, 2.75) is 50.9 Å². The molecule has 16 heteroatoms. The van der Waals surface area contributed by atoms with Crippen LogP contribution in [0.1, 0.15) is 72.3 Å². The quantitative estimate of drug-likeness (QED) is 0.0857. The van der Waals surface area contributed by atoms with E-state index in [-0.39, 0.29) is 50.0 Å². The zero-order chi connectivity index (χ0) is 38.0. The van der Waals surface area contributed by atoms with Crippen LogP contribution in [0.15, 0.2) is 36.4 Å². The first kappa shape index (κ1) is 40.9. The number of carbonyl (C=O) groups excluding carboxylic acids is 6. The molecule has 53 heavy (non-hydrogen) atoms. The molecule has 2 aliphatic rings. The number of hydrogen-bond donors (Lipinski definition) is 3. The monoisotopic (exact) mass is 740 g/mol. The van der Waals surface area contributed by atoms with Gasteiger partial charge in [-0.25, -0.2) is 4.79 Å². The van der Waals surface area contributed by atoms with Gasteiger partial charge < -0.3 is 39.6 Å². The van der Waals surface area contributed by atoms with E-state index in [0.29, 0.717) is 86.6 Å². The van der Waals surface area contributed by atoms with Crippen LogP contribution in [0.3, 0.4) is 0 Å². The van der Waals surface area contributed by atoms with Gasteiger partial charge >= 0.3 is 6.16 Å². The van der Waals surface area contributed by atoms with Crippen molar-refractivity contribution in [3.63, 3.8) is 0 Å². The van der Waals surface area contributed by atoms with Crippen molar-refractivity contribution in [1.29, 1.82) is 0 Å². The summed E-state index contributed by atoms with van der Waals surface area (Å²) in [5, 5.41) is 8.88. The Morgan fingerprint density at radius 1 is 0.717 bits per heavy atom. The Morgan fingerprint density at radius 3 is 1.98 bits per heavy atom. The Labute approximate surface area is 308 Å². The van der Waals surface area contributed by atoms with E-state index in [1.807, 2.05) is 6.07 Å². The van der Waals surface area contributed by atoms with Crippen LogP contribution in [-0.2, 0) is 47.7 Å². The molecule has 1 aliphatic heterocycles. The summed E-state index contributed by atoms with van der Waals surface area (Å²) in [6.07, 6.45) is 0.798. The number of fused-ring (bicyclic) bond motifs is 3. The highest BCUT2D eigenvalue weighted by atomic mass is 16.8. The van der Waals surface area contributed by atoms with E-state index in [4.69, 9.17) is 28.5 Å². The zero-order valence-electron chi connectivity index (χ0n) is 30.2. The Balaban J connectivity index is 1.37. The van der Waals surface area contributed by atoms with Gasteiger partial charge in [-0.15, -0.1) is 0 Å². The summed E-state index contributed by atoms with van der Waals surface area (Å²) in [6.45, 7) is 3.41. The zero-order valence-corrected chi connectivity index (χ0v) is 30.2. The van der Waals surface area contributed by atoms with Gasteiger partial charge in [0.1, 0.15) is 6.61 Å². The van der Waals surface area contributed by atoms with Crippen LogP contribution in [-0.4, -0.2) is 114 Å². The van der Waals surface area contributed by atoms with Gasteiger partial charge in [0, 0.05) is 96.6 Å². The molecule has 1 saturated heterocycles. The van der Waals surface area contributed by atoms with E-state index < -0.39 is 23.9 Å². The predicted molar refractivity (Wildman–Crippen MR) is 190 cm³/mol. The third-order valence-corrected chi connectivity index (χ3v) is 8.41. The number of imide groups is 1. The van der Waals surface area contributed by atoms with E-state index in [1.54, 1.807) is 44.6 Å². The number of hydroxylamine groups is 2. The first-order valence-electron chi connectivity index (χ1n) is 17.7. The Bertz CT molecular complexity index is 1580. The molecule has 1 heterocycles. The average Bonchev–Trinajstić information content (AvgIpc) is 3.63. The maximum absolute atomic E-state index is 13.1. The highest BCUT2D eigenvalue weighted by molar-refractivity contribution is 6.01. The van der Waals surface area contributed by atoms with Crippen molar-refractivity contribution in [3.05, 3.63) is 53.1 Å². The topological polar surface area (TPSA) is 197 Å². The molecule has 288 valence electrons. The summed E-state index contributed by atoms with van der Waals surface area (Å²) in [5.74, 6) is -2.64. The minimum absolute atomic E-state index is 0.0621. The molecule has 0 radical (unpaired) electrons. The molecule has 4 rings (SSSR count). The number of benzene rings is 2. The molecule has 0 saturated carbocycles. The Morgan fingerprint density at radius 2 is 1.32 bits per heavy atom. The molecule has 1 atom stereocenters. The third-order valence-electron chi connectivity index (χ3n) is 8.41. The third kappa shape index (κ3) is 12.6. The smallest absolute Gasteiger partial charge is 0.432 e. The number of nitrogens with zero attached hydrogens (tertiary/aromatic N) is 1. The van der Waals surface area contributed by atoms with Crippen LogP contribution in [0.4, 0.5) is 10.5 Å². The number of carbonyl (C=O) groups is 6. The van der Waals surface area contributed by atoms with Crippen molar-refractivity contribution in [2.24, 2.45) is 0 Å². The summed E-state index contributed by atoms with van der Waals surface area (Å²) >= 11 is 0. The highest BCUT2D eigenvalue weighted by Crippen LogP contribution is 2.46. The number of methoxy groups -OCH3 is 2. The molecule has 0 bridgehead atoms. The Hall–Kier alpha value is -4.90. The standard InChI is InChI=1S/C37H48N4O12/c1-48-16-4-18-50-20-14-38-32(42)6-3-7-33(43)40-26-9-11-28-27-10-8-25(36(46)39-15-21-51-19-5-17-49-2)22-29(27)31(30(28)23-26)24-52-37(47)53-41-34(44)12-13-35(41)45/h8-11,22-23,31H,3-7,12-21,24H2,1-2H3,(H,38,42)(H,39,46)(H,40,43). The molecule has 1 fully saturated rings. The maximum atomic E-state index is 13.1. The second-order valence-corrected chi connectivity index (χ2v) is 12.3. The van der Waals surface area contributed by atoms with Gasteiger partial charge in [0.2, 0.25) is 11.8 Å². The normalized spacial score (nSPS) is 14.5. The average molecular weight is 741 g/mol. The van der Waals surface area contributed by atoms with Crippen LogP contribution >= 0.6 is 0 Å². The van der Waals surface area contributed by atoms with Gasteiger partial charge in [0.05, 0.1) is 13.2 Å². The van der Waals surface area contributed by atoms with Gasteiger partial charge in [0.25, 0.3) is 17.7 Å². The van der Waals surface area contributed by atoms with Crippen LogP contribution < -0.4 is 16.0 Å². The molecule has 0 spiro atoms. The lowest BCUT2D eigenvalue weighted by molar-refractivity contribution is -0.177. The van der Waals surface area contributed by atoms with E-state index >= 15 is 0 Å². The van der Waals surface area contributed by atoms with E-state index in [1.165, 1.54) is 0 Å². The summed E-state index contributed by atoms with van der Waals surface area (Å²) in [7, 11) is 3.24. The molecular weight excluding hydrogens is 692 g/mol. The molecular formula is C37H48N4O12. The first-order chi connectivity index (χ1) is 25.7. The highest BCUT2D eigenvalue weighted by Gasteiger charge is 2.35. The molecule has 0 aromatic heterocycles. The van der Waals surface area contributed by atoms with Crippen LogP contribution in [0.5, 0.6) is 0 Å². The lowest BCUT2D eigenvalue weighted by Crippen LogP contribution is -2.32. The number of ether oxygens (including phenoxy) is 5. The molecule has 1 unspecified atom stereocenters. The fraction of sp³-hybridized carbons (Fsp3) is 0.514. The van der Waals surface area contributed by atoms with Crippen LogP contribution in [0, 0.1) is 0 Å². The summed E-state index contributed by atoms with van der Waals surface area (Å²) in [4.78, 5) is 79.4. The van der Waals surface area contributed by atoms with E-state index in [9.17, 15) is 28.8 Å². The number of nitrogens with one attached hydrogen (secondary N) is 3. The molecule has 5 amide bonds. The number of amides is 5.